The minimum atomic E-state index is 0.274. The minimum absolute atomic E-state index is 0.274. The zero-order valence-electron chi connectivity index (χ0n) is 16.9. The van der Waals surface area contributed by atoms with Crippen molar-refractivity contribution in [3.63, 3.8) is 0 Å². The second-order valence-electron chi connectivity index (χ2n) is 6.77. The lowest BCUT2D eigenvalue weighted by Crippen LogP contribution is -2.33. The third-order valence-corrected chi connectivity index (χ3v) is 5.23. The first-order chi connectivity index (χ1) is 13.1. The summed E-state index contributed by atoms with van der Waals surface area (Å²) >= 11 is 0. The van der Waals surface area contributed by atoms with E-state index in [-0.39, 0.29) is 6.04 Å². The second-order valence-corrected chi connectivity index (χ2v) is 6.77. The van der Waals surface area contributed by atoms with Gasteiger partial charge in [0, 0.05) is 12.6 Å². The Balaban J connectivity index is 1.93. The van der Waals surface area contributed by atoms with Crippen LogP contribution in [0, 0.1) is 0 Å². The molecule has 1 aliphatic rings. The number of rotatable bonds is 7. The summed E-state index contributed by atoms with van der Waals surface area (Å²) in [6, 6.07) is 10.7. The van der Waals surface area contributed by atoms with E-state index in [9.17, 15) is 0 Å². The second kappa shape index (κ2) is 8.53. The van der Waals surface area contributed by atoms with Gasteiger partial charge in [0.15, 0.2) is 23.0 Å². The molecule has 0 bridgehead atoms. The lowest BCUT2D eigenvalue weighted by atomic mass is 9.88. The maximum atomic E-state index is 5.64. The molecule has 0 saturated carbocycles. The molecule has 2 aromatic rings. The van der Waals surface area contributed by atoms with Crippen LogP contribution in [-0.2, 0) is 12.8 Å². The zero-order chi connectivity index (χ0) is 19.4. The summed E-state index contributed by atoms with van der Waals surface area (Å²) in [7, 11) is 7.23. The summed E-state index contributed by atoms with van der Waals surface area (Å²) < 4.78 is 22.2. The number of hydrogen-bond donors (Lipinski definition) is 0. The topological polar surface area (TPSA) is 40.2 Å². The Morgan fingerprint density at radius 1 is 0.926 bits per heavy atom. The molecule has 0 radical (unpaired) electrons. The summed E-state index contributed by atoms with van der Waals surface area (Å²) in [5.74, 6) is 3.14. The van der Waals surface area contributed by atoms with Crippen molar-refractivity contribution < 1.29 is 18.9 Å². The van der Waals surface area contributed by atoms with Gasteiger partial charge >= 0.3 is 0 Å². The molecule has 2 aromatic carbocycles. The van der Waals surface area contributed by atoms with Crippen LogP contribution in [0.25, 0.3) is 0 Å². The molecule has 0 aromatic heterocycles. The number of ether oxygens (including phenoxy) is 4. The van der Waals surface area contributed by atoms with Crippen molar-refractivity contribution in [3.8, 4) is 23.0 Å². The molecule has 1 aliphatic heterocycles. The van der Waals surface area contributed by atoms with Crippen LogP contribution in [0.3, 0.4) is 0 Å². The molecule has 0 spiro atoms. The van der Waals surface area contributed by atoms with Gasteiger partial charge in [-0.1, -0.05) is 6.07 Å². The summed E-state index contributed by atoms with van der Waals surface area (Å²) in [5, 5.41) is 0. The van der Waals surface area contributed by atoms with Crippen LogP contribution >= 0.6 is 0 Å². The van der Waals surface area contributed by atoms with E-state index in [1.54, 1.807) is 21.3 Å². The number of benzene rings is 2. The molecule has 146 valence electrons. The SMILES string of the molecule is CCOc1ccc(CC2c3cc(OC)c(OC)cc3CCN2C)cc1OC. The van der Waals surface area contributed by atoms with E-state index in [0.717, 1.165) is 42.4 Å². The maximum absolute atomic E-state index is 5.64. The summed E-state index contributed by atoms with van der Waals surface area (Å²) in [6.07, 6.45) is 1.90. The summed E-state index contributed by atoms with van der Waals surface area (Å²) in [5.41, 5.74) is 3.85. The first-order valence-electron chi connectivity index (χ1n) is 9.36. The number of likely N-dealkylation sites (N-methyl/N-ethyl adjacent to an activating group) is 1. The molecule has 0 aliphatic carbocycles. The Labute approximate surface area is 161 Å². The van der Waals surface area contributed by atoms with Crippen LogP contribution in [-0.4, -0.2) is 46.4 Å². The van der Waals surface area contributed by atoms with Crippen LogP contribution in [0.4, 0.5) is 0 Å². The minimum Gasteiger partial charge on any atom is -0.493 e. The van der Waals surface area contributed by atoms with Gasteiger partial charge in [0.2, 0.25) is 0 Å². The van der Waals surface area contributed by atoms with Crippen LogP contribution in [0.15, 0.2) is 30.3 Å². The van der Waals surface area contributed by atoms with Crippen molar-refractivity contribution >= 4 is 0 Å². The predicted octanol–water partition coefficient (Wildman–Crippen LogP) is 3.88. The molecule has 5 heteroatoms. The summed E-state index contributed by atoms with van der Waals surface area (Å²) in [6.45, 7) is 3.61. The molecule has 1 atom stereocenters. The van der Waals surface area contributed by atoms with Crippen molar-refractivity contribution in [3.05, 3.63) is 47.0 Å². The van der Waals surface area contributed by atoms with Crippen molar-refractivity contribution in [2.45, 2.75) is 25.8 Å². The highest BCUT2D eigenvalue weighted by Gasteiger charge is 2.27. The predicted molar refractivity (Wildman–Crippen MR) is 106 cm³/mol. The third kappa shape index (κ3) is 3.98. The molecule has 0 N–H and O–H groups in total. The van der Waals surface area contributed by atoms with Crippen molar-refractivity contribution in [2.75, 3.05) is 41.5 Å². The van der Waals surface area contributed by atoms with Gasteiger partial charge in [-0.25, -0.2) is 0 Å². The number of nitrogens with zero attached hydrogens (tertiary/aromatic N) is 1. The fourth-order valence-electron chi connectivity index (χ4n) is 3.76. The Bertz CT molecular complexity index is 790. The number of methoxy groups -OCH3 is 3. The van der Waals surface area contributed by atoms with E-state index >= 15 is 0 Å². The Morgan fingerprint density at radius 3 is 2.26 bits per heavy atom. The highest BCUT2D eigenvalue weighted by atomic mass is 16.5. The normalized spacial score (nSPS) is 16.6. The number of hydrogen-bond acceptors (Lipinski definition) is 5. The van der Waals surface area contributed by atoms with Gasteiger partial charge in [-0.2, -0.15) is 0 Å². The van der Waals surface area contributed by atoms with Gasteiger partial charge in [0.1, 0.15) is 0 Å². The monoisotopic (exact) mass is 371 g/mol. The Hall–Kier alpha value is -2.40. The van der Waals surface area contributed by atoms with Crippen LogP contribution in [0.5, 0.6) is 23.0 Å². The Morgan fingerprint density at radius 2 is 1.59 bits per heavy atom. The largest absolute Gasteiger partial charge is 0.493 e. The fraction of sp³-hybridized carbons (Fsp3) is 0.455. The molecule has 27 heavy (non-hydrogen) atoms. The Kier molecular flexibility index (Phi) is 6.11. The van der Waals surface area contributed by atoms with E-state index < -0.39 is 0 Å². The van der Waals surface area contributed by atoms with Crippen molar-refractivity contribution in [2.24, 2.45) is 0 Å². The van der Waals surface area contributed by atoms with Crippen LogP contribution < -0.4 is 18.9 Å². The van der Waals surface area contributed by atoms with Gasteiger partial charge in [0.25, 0.3) is 0 Å². The first kappa shape index (κ1) is 19.4. The molecular formula is C22H29NO4. The molecule has 0 fully saturated rings. The molecule has 0 saturated heterocycles. The molecule has 3 rings (SSSR count). The average molecular weight is 371 g/mol. The molecule has 1 heterocycles. The first-order valence-corrected chi connectivity index (χ1v) is 9.36. The van der Waals surface area contributed by atoms with E-state index in [0.29, 0.717) is 6.61 Å². The van der Waals surface area contributed by atoms with Crippen molar-refractivity contribution in [1.29, 1.82) is 0 Å². The van der Waals surface area contributed by atoms with E-state index in [1.165, 1.54) is 16.7 Å². The molecule has 0 amide bonds. The van der Waals surface area contributed by atoms with Crippen LogP contribution in [0.1, 0.15) is 29.7 Å². The third-order valence-electron chi connectivity index (χ3n) is 5.23. The number of fused-ring (bicyclic) bond motifs is 1. The average Bonchev–Trinajstić information content (AvgIpc) is 2.70. The van der Waals surface area contributed by atoms with Gasteiger partial charge in [0.05, 0.1) is 27.9 Å². The van der Waals surface area contributed by atoms with Gasteiger partial charge in [-0.15, -0.1) is 0 Å². The van der Waals surface area contributed by atoms with E-state index in [4.69, 9.17) is 18.9 Å². The fourth-order valence-corrected chi connectivity index (χ4v) is 3.76. The zero-order valence-corrected chi connectivity index (χ0v) is 16.9. The quantitative estimate of drug-likeness (QED) is 0.739. The lowest BCUT2D eigenvalue weighted by Gasteiger charge is -2.35. The van der Waals surface area contributed by atoms with Crippen LogP contribution in [0.2, 0.25) is 0 Å². The van der Waals surface area contributed by atoms with Gasteiger partial charge < -0.3 is 18.9 Å². The van der Waals surface area contributed by atoms with Gasteiger partial charge in [-0.3, -0.25) is 4.90 Å². The highest BCUT2D eigenvalue weighted by molar-refractivity contribution is 5.50. The standard InChI is InChI=1S/C22H29NO4/c1-6-27-19-8-7-15(12-20(19)24-3)11-18-17-14-22(26-5)21(25-4)13-16(17)9-10-23(18)2/h7-8,12-14,18H,6,9-11H2,1-5H3. The smallest absolute Gasteiger partial charge is 0.161 e. The molecule has 1 unspecified atom stereocenters. The van der Waals surface area contributed by atoms with Crippen molar-refractivity contribution in [1.82, 2.24) is 4.90 Å². The highest BCUT2D eigenvalue weighted by Crippen LogP contribution is 2.39. The molecular weight excluding hydrogens is 342 g/mol. The van der Waals surface area contributed by atoms with E-state index in [1.807, 2.05) is 13.0 Å². The molecule has 5 nitrogen and oxygen atoms in total. The van der Waals surface area contributed by atoms with Gasteiger partial charge in [-0.05, 0) is 67.8 Å². The lowest BCUT2D eigenvalue weighted by molar-refractivity contribution is 0.227. The summed E-state index contributed by atoms with van der Waals surface area (Å²) in [4.78, 5) is 2.40. The maximum Gasteiger partial charge on any atom is 0.161 e. The van der Waals surface area contributed by atoms with E-state index in [2.05, 4.69) is 36.2 Å².